The van der Waals surface area contributed by atoms with E-state index >= 15 is 0 Å². The number of nitrogens with one attached hydrogen (secondary N) is 1. The normalized spacial score (nSPS) is 13.1. The van der Waals surface area contributed by atoms with Crippen LogP contribution in [0.1, 0.15) is 32.8 Å². The number of amides is 1. The van der Waals surface area contributed by atoms with Crippen molar-refractivity contribution < 1.29 is 23.8 Å². The van der Waals surface area contributed by atoms with Crippen molar-refractivity contribution >= 4 is 39.9 Å². The average molecular weight is 520 g/mol. The van der Waals surface area contributed by atoms with Crippen LogP contribution >= 0.6 is 0 Å². The van der Waals surface area contributed by atoms with Crippen LogP contribution in [0.3, 0.4) is 0 Å². The lowest BCUT2D eigenvalue weighted by molar-refractivity contribution is -0.118. The van der Waals surface area contributed by atoms with Gasteiger partial charge < -0.3 is 24.1 Å². The molecule has 8 heteroatoms. The van der Waals surface area contributed by atoms with Gasteiger partial charge in [-0.25, -0.2) is 9.79 Å². The molecule has 3 aromatic carbocycles. The van der Waals surface area contributed by atoms with Gasteiger partial charge in [0, 0.05) is 28.7 Å². The molecule has 0 aliphatic carbocycles. The molecule has 0 atom stereocenters. The Hall–Kier alpha value is -5.11. The predicted molar refractivity (Wildman–Crippen MR) is 148 cm³/mol. The number of hydrogen-bond acceptors (Lipinski definition) is 6. The summed E-state index contributed by atoms with van der Waals surface area (Å²) in [5, 5.41) is 11.7. The first-order valence-electron chi connectivity index (χ1n) is 12.5. The van der Waals surface area contributed by atoms with Crippen molar-refractivity contribution in [2.45, 2.75) is 12.8 Å². The number of anilines is 1. The second-order valence-corrected chi connectivity index (χ2v) is 9.29. The van der Waals surface area contributed by atoms with E-state index in [1.807, 2.05) is 48.5 Å². The van der Waals surface area contributed by atoms with Gasteiger partial charge in [0.05, 0.1) is 42.3 Å². The minimum Gasteiger partial charge on any atom is -0.494 e. The molecule has 0 fully saturated rings. The summed E-state index contributed by atoms with van der Waals surface area (Å²) in [5.74, 6) is 0.115. The van der Waals surface area contributed by atoms with Gasteiger partial charge in [-0.2, -0.15) is 0 Å². The first-order chi connectivity index (χ1) is 19.0. The largest absolute Gasteiger partial charge is 0.494 e. The summed E-state index contributed by atoms with van der Waals surface area (Å²) in [6, 6.07) is 24.1. The first-order valence-corrected chi connectivity index (χ1v) is 12.5. The Bertz CT molecular complexity index is 1720. The molecule has 0 spiro atoms. The smallest absolute Gasteiger partial charge is 0.337 e. The number of benzene rings is 3. The maximum atomic E-state index is 12.9. The topological polar surface area (TPSA) is 108 Å². The van der Waals surface area contributed by atoms with Gasteiger partial charge in [0.25, 0.3) is 0 Å². The van der Waals surface area contributed by atoms with Gasteiger partial charge in [0.1, 0.15) is 5.76 Å². The number of hydrogen-bond donors (Lipinski definition) is 2. The zero-order valence-corrected chi connectivity index (χ0v) is 21.2. The average Bonchev–Trinajstić information content (AvgIpc) is 3.69. The molecule has 39 heavy (non-hydrogen) atoms. The molecule has 0 bridgehead atoms. The Morgan fingerprint density at radius 2 is 1.87 bits per heavy atom. The van der Waals surface area contributed by atoms with Crippen LogP contribution in [0.5, 0.6) is 5.88 Å². The summed E-state index contributed by atoms with van der Waals surface area (Å²) in [6.07, 6.45) is 2.50. The lowest BCUT2D eigenvalue weighted by Crippen LogP contribution is -2.30. The van der Waals surface area contributed by atoms with Crippen molar-refractivity contribution in [2.75, 3.05) is 18.6 Å². The van der Waals surface area contributed by atoms with E-state index in [2.05, 4.69) is 4.98 Å². The highest BCUT2D eigenvalue weighted by atomic mass is 16.5. The molecule has 0 unspecified atom stereocenters. The van der Waals surface area contributed by atoms with Gasteiger partial charge in [-0.05, 0) is 54.4 Å². The predicted octanol–water partition coefficient (Wildman–Crippen LogP) is 5.55. The van der Waals surface area contributed by atoms with Gasteiger partial charge in [0.15, 0.2) is 5.88 Å². The van der Waals surface area contributed by atoms with Crippen LogP contribution in [0, 0.1) is 0 Å². The van der Waals surface area contributed by atoms with Crippen LogP contribution in [0.2, 0.25) is 0 Å². The van der Waals surface area contributed by atoms with Crippen molar-refractivity contribution in [3.05, 3.63) is 113 Å². The molecule has 1 aliphatic rings. The number of methoxy groups -OCH3 is 1. The summed E-state index contributed by atoms with van der Waals surface area (Å²) in [5.41, 5.74) is 5.50. The number of H-pyrrole nitrogens is 1. The number of carbonyl (C=O) groups excluding carboxylic acids is 2. The van der Waals surface area contributed by atoms with Crippen molar-refractivity contribution in [2.24, 2.45) is 4.99 Å². The summed E-state index contributed by atoms with van der Waals surface area (Å²) >= 11 is 0. The van der Waals surface area contributed by atoms with E-state index in [1.54, 1.807) is 41.5 Å². The maximum absolute atomic E-state index is 12.9. The fourth-order valence-corrected chi connectivity index (χ4v) is 5.03. The highest BCUT2D eigenvalue weighted by Crippen LogP contribution is 2.35. The monoisotopic (exact) mass is 519 g/mol. The number of carbonyl (C=O) groups is 2. The quantitative estimate of drug-likeness (QED) is 0.226. The number of esters is 1. The van der Waals surface area contributed by atoms with E-state index in [9.17, 15) is 14.7 Å². The number of furan rings is 1. The van der Waals surface area contributed by atoms with Crippen LogP contribution in [0.4, 0.5) is 11.4 Å². The molecule has 1 amide bonds. The standard InChI is InChI=1S/C31H25N3O5/c1-38-31(37)21-9-11-24-25(17-21)33-30(36)28(24)29(19-6-3-2-4-7-19)32-22-10-12-26-20(16-22)13-14-34(26)27(35)18-23-8-5-15-39-23/h2-12,15-17,33,36H,13-14,18H2,1H3. The highest BCUT2D eigenvalue weighted by molar-refractivity contribution is 6.22. The van der Waals surface area contributed by atoms with E-state index in [1.165, 1.54) is 7.11 Å². The lowest BCUT2D eigenvalue weighted by Gasteiger charge is -2.17. The van der Waals surface area contributed by atoms with E-state index in [0.717, 1.165) is 28.6 Å². The molecule has 6 rings (SSSR count). The van der Waals surface area contributed by atoms with Crippen molar-refractivity contribution in [1.29, 1.82) is 0 Å². The van der Waals surface area contributed by atoms with Crippen LogP contribution < -0.4 is 4.90 Å². The number of nitrogens with zero attached hydrogens (tertiary/aromatic N) is 2. The van der Waals surface area contributed by atoms with Gasteiger partial charge in [-0.1, -0.05) is 36.4 Å². The summed E-state index contributed by atoms with van der Waals surface area (Å²) in [7, 11) is 1.33. The minimum atomic E-state index is -0.459. The molecule has 194 valence electrons. The summed E-state index contributed by atoms with van der Waals surface area (Å²) in [6.45, 7) is 0.597. The molecular weight excluding hydrogens is 494 g/mol. The number of rotatable bonds is 6. The Kier molecular flexibility index (Phi) is 6.20. The molecule has 0 saturated carbocycles. The Balaban J connectivity index is 1.40. The number of aromatic hydroxyl groups is 1. The van der Waals surface area contributed by atoms with Crippen LogP contribution in [-0.2, 0) is 22.4 Å². The van der Waals surface area contributed by atoms with E-state index < -0.39 is 5.97 Å². The third-order valence-corrected chi connectivity index (χ3v) is 6.89. The molecule has 1 aliphatic heterocycles. The molecule has 5 aromatic rings. The lowest BCUT2D eigenvalue weighted by atomic mass is 10.00. The zero-order valence-electron chi connectivity index (χ0n) is 21.2. The van der Waals surface area contributed by atoms with Gasteiger partial charge in [0.2, 0.25) is 5.91 Å². The molecule has 2 aromatic heterocycles. The SMILES string of the molecule is COC(=O)c1ccc2c(C(=Nc3ccc4c(c3)CCN4C(=O)Cc3ccco3)c3ccccc3)c(O)[nH]c2c1. The third-order valence-electron chi connectivity index (χ3n) is 6.89. The fraction of sp³-hybridized carbons (Fsp3) is 0.129. The first kappa shape index (κ1) is 24.2. The molecule has 8 nitrogen and oxygen atoms in total. The van der Waals surface area contributed by atoms with Crippen LogP contribution in [0.25, 0.3) is 10.9 Å². The second kappa shape index (κ2) is 9.98. The third kappa shape index (κ3) is 4.57. The van der Waals surface area contributed by atoms with E-state index in [4.69, 9.17) is 14.1 Å². The van der Waals surface area contributed by atoms with Crippen molar-refractivity contribution in [1.82, 2.24) is 4.98 Å². The van der Waals surface area contributed by atoms with Crippen molar-refractivity contribution in [3.8, 4) is 5.88 Å². The zero-order chi connectivity index (χ0) is 26.9. The minimum absolute atomic E-state index is 0.0139. The Morgan fingerprint density at radius 1 is 1.03 bits per heavy atom. The highest BCUT2D eigenvalue weighted by Gasteiger charge is 2.26. The summed E-state index contributed by atoms with van der Waals surface area (Å²) < 4.78 is 10.2. The Labute approximate surface area is 224 Å². The number of aromatic amines is 1. The van der Waals surface area contributed by atoms with E-state index in [0.29, 0.717) is 40.3 Å². The molecular formula is C31H25N3O5. The molecule has 2 N–H and O–H groups in total. The number of fused-ring (bicyclic) bond motifs is 2. The van der Waals surface area contributed by atoms with Gasteiger partial charge in [-0.3, -0.25) is 4.79 Å². The number of aromatic nitrogens is 1. The number of ether oxygens (including phenoxy) is 1. The molecule has 3 heterocycles. The fourth-order valence-electron chi connectivity index (χ4n) is 5.03. The maximum Gasteiger partial charge on any atom is 0.337 e. The summed E-state index contributed by atoms with van der Waals surface area (Å²) in [4.78, 5) is 34.7. The van der Waals surface area contributed by atoms with Crippen LogP contribution in [-0.4, -0.2) is 41.3 Å². The van der Waals surface area contributed by atoms with Gasteiger partial charge in [-0.15, -0.1) is 0 Å². The van der Waals surface area contributed by atoms with Crippen molar-refractivity contribution in [3.63, 3.8) is 0 Å². The molecule has 0 saturated heterocycles. The van der Waals surface area contributed by atoms with E-state index in [-0.39, 0.29) is 18.2 Å². The second-order valence-electron chi connectivity index (χ2n) is 9.29. The van der Waals surface area contributed by atoms with Crippen LogP contribution in [0.15, 0.2) is 94.5 Å². The van der Waals surface area contributed by atoms with Gasteiger partial charge >= 0.3 is 5.97 Å². The number of aliphatic imine (C=N–C) groups is 1. The molecule has 0 radical (unpaired) electrons. The Morgan fingerprint density at radius 3 is 2.64 bits per heavy atom.